The van der Waals surface area contributed by atoms with E-state index >= 15 is 0 Å². The summed E-state index contributed by atoms with van der Waals surface area (Å²) in [5.41, 5.74) is 1.01. The first-order valence-electron chi connectivity index (χ1n) is 7.98. The van der Waals surface area contributed by atoms with Gasteiger partial charge in [-0.1, -0.05) is 50.1 Å². The second-order valence-electron chi connectivity index (χ2n) is 5.92. The second kappa shape index (κ2) is 8.06. The predicted molar refractivity (Wildman–Crippen MR) is 87.8 cm³/mol. The Balaban J connectivity index is 2.08. The normalized spacial score (nSPS) is 20.3. The zero-order valence-electron chi connectivity index (χ0n) is 13.1. The molecule has 124 valence electrons. The minimum absolute atomic E-state index is 0.0899. The summed E-state index contributed by atoms with van der Waals surface area (Å²) in [5.74, 6) is -0.0899. The zero-order valence-corrected chi connectivity index (χ0v) is 13.9. The van der Waals surface area contributed by atoms with E-state index in [1.165, 1.54) is 4.31 Å². The van der Waals surface area contributed by atoms with Crippen LogP contribution in [0.2, 0.25) is 0 Å². The van der Waals surface area contributed by atoms with Crippen molar-refractivity contribution in [3.63, 3.8) is 0 Å². The Morgan fingerprint density at radius 2 is 1.73 bits per heavy atom. The molecular formula is C16H26N2O3S. The molecule has 0 spiro atoms. The lowest BCUT2D eigenvalue weighted by Gasteiger charge is -2.27. The Bertz CT molecular complexity index is 540. The van der Waals surface area contributed by atoms with Gasteiger partial charge in [0.15, 0.2) is 0 Å². The Hall–Kier alpha value is -0.950. The molecule has 0 aromatic heterocycles. The van der Waals surface area contributed by atoms with Crippen LogP contribution in [0.4, 0.5) is 0 Å². The largest absolute Gasteiger partial charge is 0.395 e. The molecule has 1 fully saturated rings. The van der Waals surface area contributed by atoms with E-state index in [4.69, 9.17) is 0 Å². The smallest absolute Gasteiger partial charge is 0.279 e. The molecule has 0 radical (unpaired) electrons. The summed E-state index contributed by atoms with van der Waals surface area (Å²) in [4.78, 5) is 0. The number of aliphatic hydroxyl groups excluding tert-OH is 1. The van der Waals surface area contributed by atoms with E-state index in [1.54, 1.807) is 0 Å². The SMILES string of the molecule is C[C@H](c1ccccc1)[C@@H](CO)NS(=O)(=O)N1CCCCCC1. The molecule has 0 aliphatic carbocycles. The third kappa shape index (κ3) is 4.52. The summed E-state index contributed by atoms with van der Waals surface area (Å²) in [6.07, 6.45) is 3.96. The molecule has 0 amide bonds. The molecule has 0 saturated carbocycles. The summed E-state index contributed by atoms with van der Waals surface area (Å²) < 4.78 is 29.3. The lowest BCUT2D eigenvalue weighted by atomic mass is 9.94. The van der Waals surface area contributed by atoms with Crippen molar-refractivity contribution >= 4 is 10.2 Å². The Morgan fingerprint density at radius 1 is 1.14 bits per heavy atom. The van der Waals surface area contributed by atoms with Gasteiger partial charge in [-0.3, -0.25) is 0 Å². The standard InChI is InChI=1S/C16H26N2O3S/c1-14(15-9-5-4-6-10-15)16(13-19)17-22(20,21)18-11-7-2-3-8-12-18/h4-6,9-10,14,16-17,19H,2-3,7-8,11-13H2,1H3/t14-,16-/m1/s1. The molecule has 1 aliphatic heterocycles. The highest BCUT2D eigenvalue weighted by molar-refractivity contribution is 7.87. The van der Waals surface area contributed by atoms with E-state index in [-0.39, 0.29) is 12.5 Å². The average Bonchev–Trinajstić information content (AvgIpc) is 2.82. The molecule has 1 saturated heterocycles. The van der Waals surface area contributed by atoms with Gasteiger partial charge in [-0.2, -0.15) is 17.4 Å². The van der Waals surface area contributed by atoms with Gasteiger partial charge in [0, 0.05) is 13.1 Å². The number of hydrogen-bond acceptors (Lipinski definition) is 3. The number of hydrogen-bond donors (Lipinski definition) is 2. The van der Waals surface area contributed by atoms with Gasteiger partial charge in [-0.25, -0.2) is 0 Å². The van der Waals surface area contributed by atoms with Crippen molar-refractivity contribution in [1.29, 1.82) is 0 Å². The predicted octanol–water partition coefficient (Wildman–Crippen LogP) is 1.86. The lowest BCUT2D eigenvalue weighted by Crippen LogP contribution is -2.48. The summed E-state index contributed by atoms with van der Waals surface area (Å²) in [6.45, 7) is 2.84. The van der Waals surface area contributed by atoms with Gasteiger partial charge < -0.3 is 5.11 Å². The van der Waals surface area contributed by atoms with Crippen LogP contribution in [0, 0.1) is 0 Å². The first kappa shape index (κ1) is 17.4. The van der Waals surface area contributed by atoms with Crippen LogP contribution in [0.1, 0.15) is 44.1 Å². The molecular weight excluding hydrogens is 300 g/mol. The van der Waals surface area contributed by atoms with E-state index in [0.717, 1.165) is 31.2 Å². The maximum absolute atomic E-state index is 12.5. The molecule has 1 aliphatic rings. The summed E-state index contributed by atoms with van der Waals surface area (Å²) in [6, 6.07) is 9.15. The van der Waals surface area contributed by atoms with E-state index in [9.17, 15) is 13.5 Å². The van der Waals surface area contributed by atoms with Crippen LogP contribution in [0.5, 0.6) is 0 Å². The van der Waals surface area contributed by atoms with Crippen LogP contribution in [-0.4, -0.2) is 43.6 Å². The molecule has 1 aromatic carbocycles. The van der Waals surface area contributed by atoms with Gasteiger partial charge in [0.05, 0.1) is 12.6 Å². The summed E-state index contributed by atoms with van der Waals surface area (Å²) >= 11 is 0. The lowest BCUT2D eigenvalue weighted by molar-refractivity contribution is 0.239. The van der Waals surface area contributed by atoms with E-state index in [0.29, 0.717) is 13.1 Å². The van der Waals surface area contributed by atoms with Crippen molar-refractivity contribution in [1.82, 2.24) is 9.03 Å². The fourth-order valence-electron chi connectivity index (χ4n) is 2.83. The summed E-state index contributed by atoms with van der Waals surface area (Å²) in [5, 5.41) is 9.63. The highest BCUT2D eigenvalue weighted by atomic mass is 32.2. The fourth-order valence-corrected chi connectivity index (χ4v) is 4.38. The zero-order chi connectivity index (χ0) is 16.0. The van der Waals surface area contributed by atoms with E-state index in [1.807, 2.05) is 37.3 Å². The van der Waals surface area contributed by atoms with Gasteiger partial charge in [-0.15, -0.1) is 0 Å². The molecule has 5 nitrogen and oxygen atoms in total. The molecule has 0 bridgehead atoms. The number of benzene rings is 1. The third-order valence-electron chi connectivity index (χ3n) is 4.33. The van der Waals surface area contributed by atoms with Crippen molar-refractivity contribution in [3.8, 4) is 0 Å². The highest BCUT2D eigenvalue weighted by Gasteiger charge is 2.28. The molecule has 0 unspecified atom stereocenters. The van der Waals surface area contributed by atoms with Gasteiger partial charge in [-0.05, 0) is 24.3 Å². The number of rotatable bonds is 6. The maximum Gasteiger partial charge on any atom is 0.279 e. The van der Waals surface area contributed by atoms with E-state index in [2.05, 4.69) is 4.72 Å². The first-order chi connectivity index (χ1) is 10.5. The fraction of sp³-hybridized carbons (Fsp3) is 0.625. The third-order valence-corrected chi connectivity index (χ3v) is 5.98. The quantitative estimate of drug-likeness (QED) is 0.838. The van der Waals surface area contributed by atoms with Gasteiger partial charge >= 0.3 is 0 Å². The molecule has 2 atom stereocenters. The van der Waals surface area contributed by atoms with Crippen LogP contribution in [0.3, 0.4) is 0 Å². The molecule has 2 rings (SSSR count). The summed E-state index contributed by atoms with van der Waals surface area (Å²) in [7, 11) is -3.55. The van der Waals surface area contributed by atoms with Gasteiger partial charge in [0.2, 0.25) is 0 Å². The van der Waals surface area contributed by atoms with Crippen LogP contribution in [0.25, 0.3) is 0 Å². The minimum Gasteiger partial charge on any atom is -0.395 e. The molecule has 22 heavy (non-hydrogen) atoms. The Kier molecular flexibility index (Phi) is 6.37. The van der Waals surface area contributed by atoms with Crippen molar-refractivity contribution < 1.29 is 13.5 Å². The molecule has 6 heteroatoms. The van der Waals surface area contributed by atoms with Gasteiger partial charge in [0.25, 0.3) is 10.2 Å². The van der Waals surface area contributed by atoms with Crippen LogP contribution < -0.4 is 4.72 Å². The number of nitrogens with one attached hydrogen (secondary N) is 1. The minimum atomic E-state index is -3.55. The second-order valence-corrected chi connectivity index (χ2v) is 7.63. The van der Waals surface area contributed by atoms with Crippen molar-refractivity contribution in [2.24, 2.45) is 0 Å². The van der Waals surface area contributed by atoms with Crippen molar-refractivity contribution in [2.45, 2.75) is 44.6 Å². The Morgan fingerprint density at radius 3 is 2.27 bits per heavy atom. The molecule has 1 heterocycles. The first-order valence-corrected chi connectivity index (χ1v) is 9.42. The topological polar surface area (TPSA) is 69.6 Å². The molecule has 1 aromatic rings. The van der Waals surface area contributed by atoms with Crippen LogP contribution in [0.15, 0.2) is 30.3 Å². The monoisotopic (exact) mass is 326 g/mol. The van der Waals surface area contributed by atoms with Gasteiger partial charge in [0.1, 0.15) is 0 Å². The van der Waals surface area contributed by atoms with E-state index < -0.39 is 16.3 Å². The number of aliphatic hydroxyl groups is 1. The van der Waals surface area contributed by atoms with Crippen LogP contribution in [-0.2, 0) is 10.2 Å². The number of nitrogens with zero attached hydrogens (tertiary/aromatic N) is 1. The Labute approximate surface area is 133 Å². The average molecular weight is 326 g/mol. The van der Waals surface area contributed by atoms with Crippen molar-refractivity contribution in [2.75, 3.05) is 19.7 Å². The van der Waals surface area contributed by atoms with Crippen molar-refractivity contribution in [3.05, 3.63) is 35.9 Å². The molecule has 2 N–H and O–H groups in total. The highest BCUT2D eigenvalue weighted by Crippen LogP contribution is 2.20. The van der Waals surface area contributed by atoms with Crippen LogP contribution >= 0.6 is 0 Å². The maximum atomic E-state index is 12.5.